The van der Waals surface area contributed by atoms with E-state index in [1.54, 1.807) is 31.2 Å². The zero-order valence-corrected chi connectivity index (χ0v) is 12.5. The Morgan fingerprint density at radius 3 is 2.10 bits per heavy atom. The molecule has 2 N–H and O–H groups in total. The summed E-state index contributed by atoms with van der Waals surface area (Å²) >= 11 is 0. The molecule has 0 atom stereocenters. The van der Waals surface area contributed by atoms with Gasteiger partial charge in [-0.3, -0.25) is 0 Å². The van der Waals surface area contributed by atoms with E-state index >= 15 is 0 Å². The van der Waals surface area contributed by atoms with Gasteiger partial charge in [0.1, 0.15) is 6.54 Å². The lowest BCUT2D eigenvalue weighted by atomic mass is 10.1. The molecule has 0 aromatic heterocycles. The highest BCUT2D eigenvalue weighted by molar-refractivity contribution is 7.88. The van der Waals surface area contributed by atoms with Crippen LogP contribution < -0.4 is 5.73 Å². The highest BCUT2D eigenvalue weighted by Gasteiger charge is 2.35. The first-order valence-corrected chi connectivity index (χ1v) is 8.11. The number of rotatable bonds is 7. The summed E-state index contributed by atoms with van der Waals surface area (Å²) in [6.45, 7) is 0.352. The maximum atomic E-state index is 12.5. The van der Waals surface area contributed by atoms with Crippen molar-refractivity contribution in [3.63, 3.8) is 0 Å². The summed E-state index contributed by atoms with van der Waals surface area (Å²) in [5, 5.41) is 0. The maximum Gasteiger partial charge on any atom is 0.402 e. The van der Waals surface area contributed by atoms with Crippen LogP contribution in [0.15, 0.2) is 24.3 Å². The second-order valence-corrected chi connectivity index (χ2v) is 6.69. The predicted octanol–water partition coefficient (Wildman–Crippen LogP) is 2.25. The van der Waals surface area contributed by atoms with Crippen molar-refractivity contribution in [3.8, 4) is 0 Å². The Balaban J connectivity index is 2.89. The van der Waals surface area contributed by atoms with Gasteiger partial charge in [-0.05, 0) is 17.5 Å². The molecule has 0 bridgehead atoms. The van der Waals surface area contributed by atoms with Crippen molar-refractivity contribution >= 4 is 10.0 Å². The molecule has 0 radical (unpaired) electrons. The summed E-state index contributed by atoms with van der Waals surface area (Å²) in [6, 6.07) is 6.46. The third-order valence-electron chi connectivity index (χ3n) is 2.83. The van der Waals surface area contributed by atoms with Crippen molar-refractivity contribution < 1.29 is 21.6 Å². The summed E-state index contributed by atoms with van der Waals surface area (Å²) < 4.78 is 62.2. The van der Waals surface area contributed by atoms with E-state index < -0.39 is 28.5 Å². The summed E-state index contributed by atoms with van der Waals surface area (Å²) in [5.41, 5.74) is 6.70. The van der Waals surface area contributed by atoms with Crippen LogP contribution >= 0.6 is 0 Å². The van der Waals surface area contributed by atoms with Gasteiger partial charge in [0.2, 0.25) is 10.0 Å². The van der Waals surface area contributed by atoms with Gasteiger partial charge >= 0.3 is 6.18 Å². The van der Waals surface area contributed by atoms with E-state index in [0.717, 1.165) is 5.56 Å². The Morgan fingerprint density at radius 1 is 1.14 bits per heavy atom. The Kier molecular flexibility index (Phi) is 6.18. The fraction of sp³-hybridized carbons (Fsp3) is 0.538. The average molecular weight is 324 g/mol. The predicted molar refractivity (Wildman–Crippen MR) is 74.9 cm³/mol. The van der Waals surface area contributed by atoms with Crippen molar-refractivity contribution in [2.45, 2.75) is 31.8 Å². The third kappa shape index (κ3) is 6.03. The van der Waals surface area contributed by atoms with Crippen LogP contribution in [-0.2, 0) is 22.3 Å². The highest BCUT2D eigenvalue weighted by Crippen LogP contribution is 2.21. The number of alkyl halides is 3. The van der Waals surface area contributed by atoms with Gasteiger partial charge < -0.3 is 5.73 Å². The topological polar surface area (TPSA) is 63.4 Å². The summed E-state index contributed by atoms with van der Waals surface area (Å²) in [7, 11) is -4.01. The first kappa shape index (κ1) is 17.9. The normalized spacial score (nSPS) is 12.9. The van der Waals surface area contributed by atoms with Crippen LogP contribution in [0.2, 0.25) is 0 Å². The summed E-state index contributed by atoms with van der Waals surface area (Å²) in [4.78, 5) is 0. The van der Waals surface area contributed by atoms with Crippen molar-refractivity contribution in [2.24, 2.45) is 5.73 Å². The quantitative estimate of drug-likeness (QED) is 0.837. The fourth-order valence-corrected chi connectivity index (χ4v) is 3.44. The van der Waals surface area contributed by atoms with Crippen LogP contribution in [0.1, 0.15) is 24.5 Å². The summed E-state index contributed by atoms with van der Waals surface area (Å²) in [5.74, 6) is -0.450. The molecule has 0 saturated heterocycles. The molecule has 0 aliphatic carbocycles. The molecule has 21 heavy (non-hydrogen) atoms. The Hall–Kier alpha value is -1.12. The van der Waals surface area contributed by atoms with E-state index in [1.807, 2.05) is 0 Å². The second kappa shape index (κ2) is 7.24. The van der Waals surface area contributed by atoms with E-state index in [2.05, 4.69) is 0 Å². The second-order valence-electron chi connectivity index (χ2n) is 4.73. The van der Waals surface area contributed by atoms with Gasteiger partial charge in [0.25, 0.3) is 0 Å². The van der Waals surface area contributed by atoms with Crippen molar-refractivity contribution in [2.75, 3.05) is 13.1 Å². The van der Waals surface area contributed by atoms with Crippen LogP contribution in [0.5, 0.6) is 0 Å². The van der Waals surface area contributed by atoms with Crippen LogP contribution in [0, 0.1) is 0 Å². The lowest BCUT2D eigenvalue weighted by Gasteiger charge is -2.23. The lowest BCUT2D eigenvalue weighted by molar-refractivity contribution is -0.136. The molecule has 0 spiro atoms. The minimum atomic E-state index is -4.55. The molecule has 1 aromatic rings. The van der Waals surface area contributed by atoms with Gasteiger partial charge in [0, 0.05) is 13.1 Å². The van der Waals surface area contributed by atoms with Gasteiger partial charge in [-0.1, -0.05) is 31.2 Å². The number of hydrogen-bond acceptors (Lipinski definition) is 3. The van der Waals surface area contributed by atoms with Crippen LogP contribution in [-0.4, -0.2) is 32.0 Å². The first-order chi connectivity index (χ1) is 9.68. The van der Waals surface area contributed by atoms with E-state index in [9.17, 15) is 21.6 Å². The molecule has 0 fully saturated rings. The van der Waals surface area contributed by atoms with Crippen molar-refractivity contribution in [1.82, 2.24) is 4.31 Å². The number of sulfonamides is 1. The highest BCUT2D eigenvalue weighted by atomic mass is 32.2. The molecular formula is C13H19F3N2O2S. The standard InChI is InChI=1S/C13H19F3N2O2S/c1-2-7-18(10-13(14,15)16)21(19,20)9-12-5-3-11(8-17)4-6-12/h3-6H,2,7-10,17H2,1H3. The molecule has 1 aromatic carbocycles. The number of hydrogen-bond donors (Lipinski definition) is 1. The fourth-order valence-electron chi connectivity index (χ4n) is 1.84. The van der Waals surface area contributed by atoms with E-state index in [-0.39, 0.29) is 6.54 Å². The first-order valence-electron chi connectivity index (χ1n) is 6.50. The van der Waals surface area contributed by atoms with Crippen molar-refractivity contribution in [1.29, 1.82) is 0 Å². The zero-order valence-electron chi connectivity index (χ0n) is 11.7. The van der Waals surface area contributed by atoms with Gasteiger partial charge in [-0.2, -0.15) is 17.5 Å². The zero-order chi connectivity index (χ0) is 16.1. The van der Waals surface area contributed by atoms with Crippen molar-refractivity contribution in [3.05, 3.63) is 35.4 Å². The van der Waals surface area contributed by atoms with E-state index in [0.29, 0.717) is 22.8 Å². The molecule has 0 heterocycles. The minimum Gasteiger partial charge on any atom is -0.326 e. The van der Waals surface area contributed by atoms with Gasteiger partial charge in [0.05, 0.1) is 5.75 Å². The molecular weight excluding hydrogens is 305 g/mol. The molecule has 8 heteroatoms. The number of benzene rings is 1. The largest absolute Gasteiger partial charge is 0.402 e. The van der Waals surface area contributed by atoms with E-state index in [4.69, 9.17) is 5.73 Å². The average Bonchev–Trinajstić information content (AvgIpc) is 2.37. The Labute approximate surface area is 122 Å². The molecule has 0 aliphatic rings. The summed E-state index contributed by atoms with van der Waals surface area (Å²) in [6.07, 6.45) is -4.23. The molecule has 120 valence electrons. The monoisotopic (exact) mass is 324 g/mol. The molecule has 0 amide bonds. The molecule has 0 unspecified atom stereocenters. The lowest BCUT2D eigenvalue weighted by Crippen LogP contribution is -2.40. The Bertz CT molecular complexity index is 542. The Morgan fingerprint density at radius 2 is 1.67 bits per heavy atom. The van der Waals surface area contributed by atoms with Gasteiger partial charge in [-0.25, -0.2) is 8.42 Å². The number of nitrogens with two attached hydrogens (primary N) is 1. The third-order valence-corrected chi connectivity index (χ3v) is 4.63. The molecule has 1 rings (SSSR count). The van der Waals surface area contributed by atoms with Gasteiger partial charge in [0.15, 0.2) is 0 Å². The SMILES string of the molecule is CCCN(CC(F)(F)F)S(=O)(=O)Cc1ccc(CN)cc1. The van der Waals surface area contributed by atoms with Crippen LogP contribution in [0.4, 0.5) is 13.2 Å². The van der Waals surface area contributed by atoms with Gasteiger partial charge in [-0.15, -0.1) is 0 Å². The number of nitrogens with zero attached hydrogens (tertiary/aromatic N) is 1. The maximum absolute atomic E-state index is 12.5. The molecule has 0 aliphatic heterocycles. The minimum absolute atomic E-state index is 0.150. The number of halogens is 3. The smallest absolute Gasteiger partial charge is 0.326 e. The van der Waals surface area contributed by atoms with Crippen LogP contribution in [0.3, 0.4) is 0 Å². The van der Waals surface area contributed by atoms with Crippen LogP contribution in [0.25, 0.3) is 0 Å². The van der Waals surface area contributed by atoms with E-state index in [1.165, 1.54) is 0 Å². The molecule has 4 nitrogen and oxygen atoms in total. The molecule has 0 saturated carbocycles.